The summed E-state index contributed by atoms with van der Waals surface area (Å²) in [5.74, 6) is 0.673. The van der Waals surface area contributed by atoms with Crippen LogP contribution in [-0.2, 0) is 6.61 Å². The van der Waals surface area contributed by atoms with Crippen LogP contribution in [-0.4, -0.2) is 23.7 Å². The summed E-state index contributed by atoms with van der Waals surface area (Å²) in [5.41, 5.74) is 7.49. The summed E-state index contributed by atoms with van der Waals surface area (Å²) in [7, 11) is 0. The van der Waals surface area contributed by atoms with Crippen molar-refractivity contribution in [3.8, 4) is 28.8 Å². The van der Waals surface area contributed by atoms with Crippen LogP contribution in [0.3, 0.4) is 0 Å². The molecule has 0 aliphatic carbocycles. The number of benzene rings is 4. The van der Waals surface area contributed by atoms with Crippen molar-refractivity contribution >= 4 is 39.0 Å². The Labute approximate surface area is 246 Å². The van der Waals surface area contributed by atoms with Crippen LogP contribution in [0.15, 0.2) is 107 Å². The van der Waals surface area contributed by atoms with Gasteiger partial charge in [0.2, 0.25) is 0 Å². The number of halogens is 1. The molecule has 1 aromatic heterocycles. The number of hydrazone groups is 1. The van der Waals surface area contributed by atoms with Crippen LogP contribution >= 0.6 is 15.9 Å². The number of carbonyl (C=O) groups is 1. The van der Waals surface area contributed by atoms with Crippen LogP contribution in [0, 0.1) is 11.3 Å². The zero-order valence-electron chi connectivity index (χ0n) is 22.2. The van der Waals surface area contributed by atoms with Crippen LogP contribution < -0.4 is 14.9 Å². The Morgan fingerprint density at radius 2 is 1.76 bits per heavy atom. The average Bonchev–Trinajstić information content (AvgIpc) is 3.00. The number of hydrogen-bond acceptors (Lipinski definition) is 6. The van der Waals surface area contributed by atoms with E-state index in [1.807, 2.05) is 85.8 Å². The molecular weight excluding hydrogens is 580 g/mol. The van der Waals surface area contributed by atoms with Gasteiger partial charge >= 0.3 is 0 Å². The predicted molar refractivity (Wildman–Crippen MR) is 163 cm³/mol. The first-order valence-electron chi connectivity index (χ1n) is 12.9. The average molecular weight is 605 g/mol. The Morgan fingerprint density at radius 1 is 1.00 bits per heavy atom. The largest absolute Gasteiger partial charge is 0.490 e. The molecule has 0 saturated heterocycles. The number of ether oxygens (including phenoxy) is 2. The molecule has 7 nitrogen and oxygen atoms in total. The number of carbonyl (C=O) groups excluding carboxylic acids is 1. The summed E-state index contributed by atoms with van der Waals surface area (Å²) in [6.07, 6.45) is 1.54. The lowest BCUT2D eigenvalue weighted by Gasteiger charge is -2.15. The highest BCUT2D eigenvalue weighted by Gasteiger charge is 2.15. The van der Waals surface area contributed by atoms with Crippen LogP contribution in [0.25, 0.3) is 22.2 Å². The van der Waals surface area contributed by atoms with E-state index in [0.717, 1.165) is 22.0 Å². The Hall–Kier alpha value is -5.00. The van der Waals surface area contributed by atoms with Gasteiger partial charge in [0.25, 0.3) is 5.91 Å². The molecule has 41 heavy (non-hydrogen) atoms. The van der Waals surface area contributed by atoms with Gasteiger partial charge in [-0.25, -0.2) is 10.4 Å². The number of nitriles is 1. The number of para-hydroxylation sites is 1. The van der Waals surface area contributed by atoms with Gasteiger partial charge in [-0.2, -0.15) is 10.4 Å². The maximum Gasteiger partial charge on any atom is 0.272 e. The van der Waals surface area contributed by atoms with Crippen molar-refractivity contribution in [3.63, 3.8) is 0 Å². The van der Waals surface area contributed by atoms with Gasteiger partial charge in [-0.3, -0.25) is 4.79 Å². The first-order chi connectivity index (χ1) is 20.1. The third kappa shape index (κ3) is 6.43. The summed E-state index contributed by atoms with van der Waals surface area (Å²) >= 11 is 3.57. The van der Waals surface area contributed by atoms with Crippen molar-refractivity contribution in [2.24, 2.45) is 5.10 Å². The van der Waals surface area contributed by atoms with E-state index in [-0.39, 0.29) is 12.5 Å². The van der Waals surface area contributed by atoms with E-state index in [4.69, 9.17) is 14.5 Å². The molecule has 4 aromatic carbocycles. The van der Waals surface area contributed by atoms with Gasteiger partial charge in [-0.1, -0.05) is 66.7 Å². The van der Waals surface area contributed by atoms with E-state index >= 15 is 0 Å². The minimum atomic E-state index is -0.350. The van der Waals surface area contributed by atoms with Crippen molar-refractivity contribution in [3.05, 3.63) is 124 Å². The number of nitrogens with zero attached hydrogens (tertiary/aromatic N) is 3. The zero-order chi connectivity index (χ0) is 28.6. The number of fused-ring (bicyclic) bond motifs is 1. The molecule has 0 aliphatic rings. The minimum absolute atomic E-state index is 0.205. The first-order valence-corrected chi connectivity index (χ1v) is 13.7. The summed E-state index contributed by atoms with van der Waals surface area (Å²) in [4.78, 5) is 18.0. The van der Waals surface area contributed by atoms with Gasteiger partial charge in [0, 0.05) is 16.5 Å². The van der Waals surface area contributed by atoms with Gasteiger partial charge in [0.15, 0.2) is 11.5 Å². The molecule has 0 fully saturated rings. The molecule has 8 heteroatoms. The lowest BCUT2D eigenvalue weighted by Crippen LogP contribution is -2.18. The van der Waals surface area contributed by atoms with Gasteiger partial charge in [0.05, 0.1) is 45.7 Å². The van der Waals surface area contributed by atoms with E-state index in [1.165, 1.54) is 0 Å². The second-order valence-corrected chi connectivity index (χ2v) is 9.81. The highest BCUT2D eigenvalue weighted by Crippen LogP contribution is 2.37. The molecule has 0 saturated carbocycles. The van der Waals surface area contributed by atoms with Gasteiger partial charge in [-0.15, -0.1) is 0 Å². The van der Waals surface area contributed by atoms with E-state index in [0.29, 0.717) is 45.0 Å². The monoisotopic (exact) mass is 604 g/mol. The second-order valence-electron chi connectivity index (χ2n) is 8.96. The summed E-state index contributed by atoms with van der Waals surface area (Å²) in [5, 5.41) is 14.3. The lowest BCUT2D eigenvalue weighted by molar-refractivity contribution is 0.0956. The van der Waals surface area contributed by atoms with Crippen molar-refractivity contribution in [2.75, 3.05) is 6.61 Å². The third-order valence-electron chi connectivity index (χ3n) is 6.25. The fourth-order valence-electron chi connectivity index (χ4n) is 4.32. The van der Waals surface area contributed by atoms with Crippen LogP contribution in [0.4, 0.5) is 0 Å². The second kappa shape index (κ2) is 12.9. The molecule has 1 amide bonds. The first kappa shape index (κ1) is 27.6. The molecule has 0 spiro atoms. The number of nitrogens with one attached hydrogen (secondary N) is 1. The topological polar surface area (TPSA) is 96.6 Å². The molecular formula is C33H25BrN4O3. The quantitative estimate of drug-likeness (QED) is 0.141. The highest BCUT2D eigenvalue weighted by molar-refractivity contribution is 9.10. The van der Waals surface area contributed by atoms with E-state index < -0.39 is 0 Å². The molecule has 0 bridgehead atoms. The Kier molecular flexibility index (Phi) is 8.67. The molecule has 5 rings (SSSR count). The SMILES string of the molecule is CCOc1cc(/C=N/NC(=O)c2cc(-c3ccccc3)nc3ccccc23)cc(Br)c1OCc1ccccc1C#N. The van der Waals surface area contributed by atoms with Gasteiger partial charge in [-0.05, 0) is 58.7 Å². The Bertz CT molecular complexity index is 1780. The zero-order valence-corrected chi connectivity index (χ0v) is 23.8. The number of rotatable bonds is 9. The predicted octanol–water partition coefficient (Wildman–Crippen LogP) is 7.28. The molecule has 202 valence electrons. The van der Waals surface area contributed by atoms with Gasteiger partial charge in [0.1, 0.15) is 6.61 Å². The lowest BCUT2D eigenvalue weighted by atomic mass is 10.0. The maximum atomic E-state index is 13.3. The van der Waals surface area contributed by atoms with Crippen molar-refractivity contribution in [1.29, 1.82) is 5.26 Å². The van der Waals surface area contributed by atoms with E-state index in [1.54, 1.807) is 24.4 Å². The Balaban J connectivity index is 1.37. The summed E-state index contributed by atoms with van der Waals surface area (Å²) in [6.45, 7) is 2.51. The molecule has 5 aromatic rings. The normalized spacial score (nSPS) is 10.9. The summed E-state index contributed by atoms with van der Waals surface area (Å²) in [6, 6.07) is 32.1. The van der Waals surface area contributed by atoms with Crippen molar-refractivity contribution in [2.45, 2.75) is 13.5 Å². The Morgan fingerprint density at radius 3 is 2.56 bits per heavy atom. The fourth-order valence-corrected chi connectivity index (χ4v) is 4.89. The molecule has 0 aliphatic heterocycles. The van der Waals surface area contributed by atoms with Crippen molar-refractivity contribution < 1.29 is 14.3 Å². The van der Waals surface area contributed by atoms with Gasteiger partial charge < -0.3 is 9.47 Å². The van der Waals surface area contributed by atoms with Crippen LogP contribution in [0.2, 0.25) is 0 Å². The number of aromatic nitrogens is 1. The van der Waals surface area contributed by atoms with E-state index in [9.17, 15) is 10.1 Å². The standard InChI is InChI=1S/C33H25BrN4O3/c1-2-40-31-17-22(16-28(34)32(31)41-21-25-13-7-6-12-24(25)19-35)20-36-38-33(39)27-18-30(23-10-4-3-5-11-23)37-29-15-9-8-14-26(27)29/h3-18,20H,2,21H2,1H3,(H,38,39)/b36-20+. The smallest absolute Gasteiger partial charge is 0.272 e. The molecule has 0 atom stereocenters. The number of hydrogen-bond donors (Lipinski definition) is 1. The number of pyridine rings is 1. The molecule has 0 unspecified atom stereocenters. The highest BCUT2D eigenvalue weighted by atomic mass is 79.9. The van der Waals surface area contributed by atoms with Crippen LogP contribution in [0.1, 0.15) is 34.0 Å². The third-order valence-corrected chi connectivity index (χ3v) is 6.84. The van der Waals surface area contributed by atoms with E-state index in [2.05, 4.69) is 32.5 Å². The fraction of sp³-hybridized carbons (Fsp3) is 0.0909. The molecule has 1 N–H and O–H groups in total. The molecule has 1 heterocycles. The maximum absolute atomic E-state index is 13.3. The summed E-state index contributed by atoms with van der Waals surface area (Å²) < 4.78 is 12.5. The minimum Gasteiger partial charge on any atom is -0.490 e. The van der Waals surface area contributed by atoms with Crippen LogP contribution in [0.5, 0.6) is 11.5 Å². The number of amides is 1. The molecule has 0 radical (unpaired) electrons. The van der Waals surface area contributed by atoms with Crippen molar-refractivity contribution in [1.82, 2.24) is 10.4 Å².